The van der Waals surface area contributed by atoms with Crippen LogP contribution in [-0.4, -0.2) is 10.5 Å². The lowest BCUT2D eigenvalue weighted by Gasteiger charge is -2.20. The van der Waals surface area contributed by atoms with Crippen LogP contribution in [0.4, 0.5) is 0 Å². The van der Waals surface area contributed by atoms with E-state index in [1.165, 1.54) is 32.1 Å². The predicted molar refractivity (Wildman–Crippen MR) is 47.4 cm³/mol. The van der Waals surface area contributed by atoms with Crippen LogP contribution in [-0.2, 0) is 0 Å². The highest BCUT2D eigenvalue weighted by atomic mass is 32.2. The summed E-state index contributed by atoms with van der Waals surface area (Å²) in [6, 6.07) is 0. The molecule has 1 saturated heterocycles. The Morgan fingerprint density at radius 3 is 2.20 bits per heavy atom. The molecule has 0 radical (unpaired) electrons. The summed E-state index contributed by atoms with van der Waals surface area (Å²) >= 11 is 2.20. The number of rotatable bonds is 1. The molecule has 10 heavy (non-hydrogen) atoms. The van der Waals surface area contributed by atoms with Crippen LogP contribution in [0.25, 0.3) is 0 Å². The second kappa shape index (κ2) is 2.77. The third-order valence-corrected chi connectivity index (χ3v) is 4.39. The van der Waals surface area contributed by atoms with E-state index in [1.54, 1.807) is 0 Å². The Kier molecular flexibility index (Phi) is 1.94. The van der Waals surface area contributed by atoms with Gasteiger partial charge in [0, 0.05) is 10.5 Å². The maximum Gasteiger partial charge on any atom is 0.0195 e. The third kappa shape index (κ3) is 1.34. The zero-order valence-electron chi connectivity index (χ0n) is 6.68. The largest absolute Gasteiger partial charge is 0.153 e. The summed E-state index contributed by atoms with van der Waals surface area (Å²) in [7, 11) is 0. The van der Waals surface area contributed by atoms with E-state index in [0.29, 0.717) is 0 Å². The Morgan fingerprint density at radius 2 is 1.70 bits per heavy atom. The molecule has 1 heterocycles. The quantitative estimate of drug-likeness (QED) is 0.526. The second-order valence-electron chi connectivity index (χ2n) is 3.70. The summed E-state index contributed by atoms with van der Waals surface area (Å²) in [4.78, 5) is 0. The molecule has 2 fully saturated rings. The second-order valence-corrected chi connectivity index (χ2v) is 5.26. The molecule has 1 aliphatic carbocycles. The molecule has 0 bridgehead atoms. The fourth-order valence-corrected chi connectivity index (χ4v) is 3.28. The Bertz CT molecular complexity index is 116. The van der Waals surface area contributed by atoms with E-state index >= 15 is 0 Å². The molecule has 0 N–H and O–H groups in total. The van der Waals surface area contributed by atoms with Crippen LogP contribution in [0.1, 0.15) is 39.0 Å². The van der Waals surface area contributed by atoms with E-state index < -0.39 is 0 Å². The van der Waals surface area contributed by atoms with Crippen molar-refractivity contribution >= 4 is 11.8 Å². The van der Waals surface area contributed by atoms with E-state index in [9.17, 15) is 0 Å². The lowest BCUT2D eigenvalue weighted by atomic mass is 9.86. The van der Waals surface area contributed by atoms with Gasteiger partial charge in [0.15, 0.2) is 0 Å². The molecular weight excluding hydrogens is 140 g/mol. The Morgan fingerprint density at radius 1 is 1.10 bits per heavy atom. The number of hydrogen-bond donors (Lipinski definition) is 0. The fraction of sp³-hybridized carbons (Fsp3) is 1.00. The van der Waals surface area contributed by atoms with Gasteiger partial charge in [0.25, 0.3) is 0 Å². The number of thioether (sulfide) groups is 1. The normalized spacial score (nSPS) is 41.7. The van der Waals surface area contributed by atoms with Crippen molar-refractivity contribution in [3.63, 3.8) is 0 Å². The van der Waals surface area contributed by atoms with E-state index in [0.717, 1.165) is 16.4 Å². The van der Waals surface area contributed by atoms with Crippen molar-refractivity contribution < 1.29 is 0 Å². The molecule has 2 unspecified atom stereocenters. The molecular formula is C9H16S. The van der Waals surface area contributed by atoms with Crippen molar-refractivity contribution in [2.75, 3.05) is 0 Å². The summed E-state index contributed by atoms with van der Waals surface area (Å²) in [5.41, 5.74) is 0. The van der Waals surface area contributed by atoms with Gasteiger partial charge in [0.05, 0.1) is 0 Å². The zero-order valence-corrected chi connectivity index (χ0v) is 7.49. The molecule has 2 atom stereocenters. The highest BCUT2D eigenvalue weighted by molar-refractivity contribution is 8.07. The van der Waals surface area contributed by atoms with Crippen molar-refractivity contribution in [3.8, 4) is 0 Å². The molecule has 2 aliphatic rings. The SMILES string of the molecule is CC1SC1C1CCCCC1. The first-order valence-corrected chi connectivity index (χ1v) is 5.47. The highest BCUT2D eigenvalue weighted by Gasteiger charge is 2.40. The first-order chi connectivity index (χ1) is 4.88. The van der Waals surface area contributed by atoms with Gasteiger partial charge in [0.1, 0.15) is 0 Å². The Hall–Kier alpha value is 0.350. The van der Waals surface area contributed by atoms with Crippen LogP contribution in [0.15, 0.2) is 0 Å². The minimum absolute atomic E-state index is 1.00. The molecule has 2 rings (SSSR count). The molecule has 0 aromatic carbocycles. The van der Waals surface area contributed by atoms with Gasteiger partial charge in [-0.15, -0.1) is 0 Å². The molecule has 1 saturated carbocycles. The van der Waals surface area contributed by atoms with Gasteiger partial charge in [0.2, 0.25) is 0 Å². The van der Waals surface area contributed by atoms with Gasteiger partial charge in [-0.05, 0) is 18.8 Å². The van der Waals surface area contributed by atoms with Crippen LogP contribution in [0.2, 0.25) is 0 Å². The van der Waals surface area contributed by atoms with Crippen molar-refractivity contribution in [3.05, 3.63) is 0 Å². The Balaban J connectivity index is 1.81. The monoisotopic (exact) mass is 156 g/mol. The van der Waals surface area contributed by atoms with Crippen LogP contribution >= 0.6 is 11.8 Å². The van der Waals surface area contributed by atoms with Crippen LogP contribution in [0.3, 0.4) is 0 Å². The predicted octanol–water partition coefficient (Wildman–Crippen LogP) is 3.07. The first-order valence-electron chi connectivity index (χ1n) is 4.53. The van der Waals surface area contributed by atoms with Gasteiger partial charge in [-0.1, -0.05) is 26.2 Å². The van der Waals surface area contributed by atoms with Crippen molar-refractivity contribution in [2.45, 2.75) is 49.5 Å². The molecule has 1 aliphatic heterocycles. The molecule has 0 aromatic rings. The lowest BCUT2D eigenvalue weighted by Crippen LogP contribution is -2.13. The van der Waals surface area contributed by atoms with Crippen LogP contribution in [0.5, 0.6) is 0 Å². The van der Waals surface area contributed by atoms with Crippen LogP contribution in [0, 0.1) is 5.92 Å². The third-order valence-electron chi connectivity index (χ3n) is 2.87. The summed E-state index contributed by atoms with van der Waals surface area (Å²) in [6.45, 7) is 2.38. The minimum Gasteiger partial charge on any atom is -0.153 e. The smallest absolute Gasteiger partial charge is 0.0195 e. The average Bonchev–Trinajstić information content (AvgIpc) is 2.69. The summed E-state index contributed by atoms with van der Waals surface area (Å²) < 4.78 is 0. The van der Waals surface area contributed by atoms with Crippen LogP contribution < -0.4 is 0 Å². The van der Waals surface area contributed by atoms with Gasteiger partial charge in [-0.25, -0.2) is 0 Å². The van der Waals surface area contributed by atoms with E-state index in [2.05, 4.69) is 18.7 Å². The van der Waals surface area contributed by atoms with E-state index in [4.69, 9.17) is 0 Å². The summed E-state index contributed by atoms with van der Waals surface area (Å²) in [6.07, 6.45) is 7.58. The maximum absolute atomic E-state index is 2.38. The van der Waals surface area contributed by atoms with E-state index in [1.807, 2.05) is 0 Å². The molecule has 0 spiro atoms. The van der Waals surface area contributed by atoms with Gasteiger partial charge < -0.3 is 0 Å². The topological polar surface area (TPSA) is 0 Å². The summed E-state index contributed by atoms with van der Waals surface area (Å²) in [5.74, 6) is 1.11. The standard InChI is InChI=1S/C9H16S/c1-7-9(10-7)8-5-3-2-4-6-8/h7-9H,2-6H2,1H3. The van der Waals surface area contributed by atoms with Gasteiger partial charge in [-0.3, -0.25) is 0 Å². The first kappa shape index (κ1) is 7.02. The van der Waals surface area contributed by atoms with Gasteiger partial charge >= 0.3 is 0 Å². The summed E-state index contributed by atoms with van der Waals surface area (Å²) in [5, 5.41) is 2.07. The molecule has 0 aromatic heterocycles. The van der Waals surface area contributed by atoms with Crippen molar-refractivity contribution in [1.82, 2.24) is 0 Å². The van der Waals surface area contributed by atoms with Crippen molar-refractivity contribution in [1.29, 1.82) is 0 Å². The average molecular weight is 156 g/mol. The molecule has 0 nitrogen and oxygen atoms in total. The molecule has 1 heteroatoms. The number of hydrogen-bond acceptors (Lipinski definition) is 1. The Labute approximate surface area is 67.8 Å². The lowest BCUT2D eigenvalue weighted by molar-refractivity contribution is 0.362. The molecule has 58 valence electrons. The molecule has 0 amide bonds. The van der Waals surface area contributed by atoms with Gasteiger partial charge in [-0.2, -0.15) is 11.8 Å². The minimum atomic E-state index is 1.00. The highest BCUT2D eigenvalue weighted by Crippen LogP contribution is 2.49. The fourth-order valence-electron chi connectivity index (χ4n) is 2.16. The maximum atomic E-state index is 2.38. The van der Waals surface area contributed by atoms with E-state index in [-0.39, 0.29) is 0 Å². The zero-order chi connectivity index (χ0) is 6.97. The van der Waals surface area contributed by atoms with Crippen molar-refractivity contribution in [2.24, 2.45) is 5.92 Å².